The summed E-state index contributed by atoms with van der Waals surface area (Å²) >= 11 is 2.61. The van der Waals surface area contributed by atoms with E-state index in [9.17, 15) is 14.4 Å². The maximum atomic E-state index is 12.9. The van der Waals surface area contributed by atoms with E-state index in [2.05, 4.69) is 20.8 Å². The molecule has 0 aromatic carbocycles. The first-order valence-electron chi connectivity index (χ1n) is 9.44. The number of piperazine rings is 1. The molecule has 1 aliphatic heterocycles. The minimum absolute atomic E-state index is 0.0722. The van der Waals surface area contributed by atoms with Gasteiger partial charge in [-0.1, -0.05) is 42.4 Å². The summed E-state index contributed by atoms with van der Waals surface area (Å²) in [5.74, 6) is -0.0948. The van der Waals surface area contributed by atoms with Crippen molar-refractivity contribution in [3.05, 3.63) is 24.2 Å². The minimum Gasteiger partial charge on any atom is -0.467 e. The molecule has 4 rings (SSSR count). The number of hydrogen-bond donors (Lipinski definition) is 2. The van der Waals surface area contributed by atoms with Gasteiger partial charge in [-0.2, -0.15) is 0 Å². The summed E-state index contributed by atoms with van der Waals surface area (Å²) < 4.78 is 5.90. The number of thioether (sulfide) groups is 1. The van der Waals surface area contributed by atoms with Crippen molar-refractivity contribution < 1.29 is 18.8 Å². The number of amides is 3. The molecule has 2 N–H and O–H groups in total. The molecule has 2 aromatic rings. The highest BCUT2D eigenvalue weighted by Crippen LogP contribution is 2.36. The Labute approximate surface area is 175 Å². The number of anilines is 1. The van der Waals surface area contributed by atoms with E-state index in [1.54, 1.807) is 6.26 Å². The lowest BCUT2D eigenvalue weighted by atomic mass is 9.78. The predicted molar refractivity (Wildman–Crippen MR) is 107 cm³/mol. The Bertz CT molecular complexity index is 892. The molecule has 9 nitrogen and oxygen atoms in total. The second kappa shape index (κ2) is 8.54. The van der Waals surface area contributed by atoms with E-state index in [0.29, 0.717) is 28.9 Å². The molecular weight excluding hydrogens is 414 g/mol. The lowest BCUT2D eigenvalue weighted by molar-refractivity contribution is -0.158. The molecule has 1 saturated carbocycles. The molecule has 0 unspecified atom stereocenters. The molecule has 0 bridgehead atoms. The Balaban J connectivity index is 1.37. The Morgan fingerprint density at radius 3 is 2.90 bits per heavy atom. The van der Waals surface area contributed by atoms with Gasteiger partial charge in [-0.15, -0.1) is 10.2 Å². The summed E-state index contributed by atoms with van der Waals surface area (Å²) in [6, 6.07) is 3.67. The van der Waals surface area contributed by atoms with E-state index in [1.165, 1.54) is 28.0 Å². The van der Waals surface area contributed by atoms with Gasteiger partial charge in [0.05, 0.1) is 18.6 Å². The summed E-state index contributed by atoms with van der Waals surface area (Å²) in [6.45, 7) is 0.427. The normalized spacial score (nSPS) is 18.7. The molecule has 0 radical (unpaired) electrons. The molecule has 3 heterocycles. The molecule has 3 amide bonds. The number of carbonyl (C=O) groups excluding carboxylic acids is 3. The molecule has 2 aliphatic rings. The third-order valence-electron chi connectivity index (χ3n) is 5.20. The fourth-order valence-electron chi connectivity index (χ4n) is 3.78. The molecular formula is C18H21N5O4S2. The van der Waals surface area contributed by atoms with Crippen molar-refractivity contribution in [2.75, 3.05) is 17.6 Å². The van der Waals surface area contributed by atoms with E-state index < -0.39 is 11.4 Å². The van der Waals surface area contributed by atoms with Gasteiger partial charge < -0.3 is 14.6 Å². The molecule has 11 heteroatoms. The van der Waals surface area contributed by atoms with E-state index >= 15 is 0 Å². The number of rotatable bonds is 6. The summed E-state index contributed by atoms with van der Waals surface area (Å²) in [6.07, 6.45) is 5.59. The van der Waals surface area contributed by atoms with Crippen LogP contribution in [-0.4, -0.2) is 50.7 Å². The van der Waals surface area contributed by atoms with Gasteiger partial charge in [-0.25, -0.2) is 0 Å². The van der Waals surface area contributed by atoms with Gasteiger partial charge in [0, 0.05) is 0 Å². The second-order valence-corrected chi connectivity index (χ2v) is 9.24. The topological polar surface area (TPSA) is 117 Å². The van der Waals surface area contributed by atoms with Gasteiger partial charge in [0.1, 0.15) is 17.8 Å². The lowest BCUT2D eigenvalue weighted by Crippen LogP contribution is -2.69. The van der Waals surface area contributed by atoms with Gasteiger partial charge in [-0.3, -0.25) is 19.7 Å². The number of hydrogen-bond acceptors (Lipinski definition) is 9. The van der Waals surface area contributed by atoms with Crippen molar-refractivity contribution in [3.63, 3.8) is 0 Å². The van der Waals surface area contributed by atoms with Crippen LogP contribution in [0.15, 0.2) is 27.2 Å². The third-order valence-corrected chi connectivity index (χ3v) is 7.19. The Kier molecular flexibility index (Phi) is 5.86. The zero-order valence-corrected chi connectivity index (χ0v) is 17.3. The quantitative estimate of drug-likeness (QED) is 0.523. The summed E-state index contributed by atoms with van der Waals surface area (Å²) in [4.78, 5) is 38.9. The van der Waals surface area contributed by atoms with Crippen LogP contribution in [0.2, 0.25) is 0 Å². The minimum atomic E-state index is -0.888. The van der Waals surface area contributed by atoms with E-state index in [4.69, 9.17) is 4.42 Å². The van der Waals surface area contributed by atoms with E-state index in [-0.39, 0.29) is 24.1 Å². The number of nitrogens with one attached hydrogen (secondary N) is 2. The molecule has 1 saturated heterocycles. The SMILES string of the molecule is O=C1CN(C(=O)CSc2nnc(NCc3ccco3)s2)C2(CCCCC2)C(=O)N1. The van der Waals surface area contributed by atoms with Gasteiger partial charge in [0.25, 0.3) is 5.91 Å². The first-order valence-corrected chi connectivity index (χ1v) is 11.2. The summed E-state index contributed by atoms with van der Waals surface area (Å²) in [5, 5.41) is 14.3. The van der Waals surface area contributed by atoms with Crippen molar-refractivity contribution in [2.45, 2.75) is 48.5 Å². The number of furan rings is 1. The van der Waals surface area contributed by atoms with Crippen LogP contribution in [0, 0.1) is 0 Å². The highest BCUT2D eigenvalue weighted by molar-refractivity contribution is 8.01. The van der Waals surface area contributed by atoms with Crippen LogP contribution in [0.5, 0.6) is 0 Å². The molecule has 1 aliphatic carbocycles. The maximum Gasteiger partial charge on any atom is 0.252 e. The number of carbonyl (C=O) groups is 3. The molecule has 2 aromatic heterocycles. The maximum absolute atomic E-state index is 12.9. The van der Waals surface area contributed by atoms with Crippen molar-refractivity contribution in [1.82, 2.24) is 20.4 Å². The monoisotopic (exact) mass is 435 g/mol. The van der Waals surface area contributed by atoms with Crippen LogP contribution in [0.3, 0.4) is 0 Å². The van der Waals surface area contributed by atoms with Gasteiger partial charge in [-0.05, 0) is 25.0 Å². The molecule has 29 heavy (non-hydrogen) atoms. The van der Waals surface area contributed by atoms with Crippen molar-refractivity contribution in [3.8, 4) is 0 Å². The van der Waals surface area contributed by atoms with Crippen molar-refractivity contribution >= 4 is 46.0 Å². The van der Waals surface area contributed by atoms with E-state index in [0.717, 1.165) is 25.0 Å². The van der Waals surface area contributed by atoms with Gasteiger partial charge in [0.2, 0.25) is 16.9 Å². The zero-order chi connectivity index (χ0) is 20.3. The molecule has 2 fully saturated rings. The molecule has 1 spiro atoms. The van der Waals surface area contributed by atoms with Gasteiger partial charge >= 0.3 is 0 Å². The number of imide groups is 1. The average molecular weight is 436 g/mol. The van der Waals surface area contributed by atoms with Crippen LogP contribution >= 0.6 is 23.1 Å². The zero-order valence-electron chi connectivity index (χ0n) is 15.7. The Hall–Kier alpha value is -2.40. The van der Waals surface area contributed by atoms with Crippen LogP contribution < -0.4 is 10.6 Å². The molecule has 0 atom stereocenters. The predicted octanol–water partition coefficient (Wildman–Crippen LogP) is 2.02. The Morgan fingerprint density at radius 2 is 2.14 bits per heavy atom. The lowest BCUT2D eigenvalue weighted by Gasteiger charge is -2.47. The fraction of sp³-hybridized carbons (Fsp3) is 0.500. The highest BCUT2D eigenvalue weighted by atomic mass is 32.2. The smallest absolute Gasteiger partial charge is 0.252 e. The Morgan fingerprint density at radius 1 is 1.31 bits per heavy atom. The molecule has 154 valence electrons. The van der Waals surface area contributed by atoms with Crippen molar-refractivity contribution in [1.29, 1.82) is 0 Å². The fourth-order valence-corrected chi connectivity index (χ4v) is 5.40. The largest absolute Gasteiger partial charge is 0.467 e. The average Bonchev–Trinajstić information content (AvgIpc) is 3.40. The van der Waals surface area contributed by atoms with Crippen molar-refractivity contribution in [2.24, 2.45) is 0 Å². The van der Waals surface area contributed by atoms with Gasteiger partial charge in [0.15, 0.2) is 4.34 Å². The van der Waals surface area contributed by atoms with E-state index in [1.807, 2.05) is 12.1 Å². The number of aromatic nitrogens is 2. The number of nitrogens with zero attached hydrogens (tertiary/aromatic N) is 3. The third kappa shape index (κ3) is 4.30. The standard InChI is InChI=1S/C18H21N5O4S2/c24-13-10-23(18(15(26)20-13)6-2-1-3-7-18)14(25)11-28-17-22-21-16(29-17)19-9-12-5-4-8-27-12/h4-5,8H,1-3,6-7,9-11H2,(H,19,21)(H,20,24,26). The summed E-state index contributed by atoms with van der Waals surface area (Å²) in [7, 11) is 0. The first-order chi connectivity index (χ1) is 14.1. The van der Waals surface area contributed by atoms with Crippen LogP contribution in [0.4, 0.5) is 5.13 Å². The first kappa shape index (κ1) is 19.9. The highest BCUT2D eigenvalue weighted by Gasteiger charge is 2.50. The second-order valence-electron chi connectivity index (χ2n) is 7.04. The van der Waals surface area contributed by atoms with Crippen LogP contribution in [-0.2, 0) is 20.9 Å². The van der Waals surface area contributed by atoms with Crippen LogP contribution in [0.1, 0.15) is 37.9 Å². The summed E-state index contributed by atoms with van der Waals surface area (Å²) in [5.41, 5.74) is -0.888. The van der Waals surface area contributed by atoms with Crippen LogP contribution in [0.25, 0.3) is 0 Å².